The third-order valence-electron chi connectivity index (χ3n) is 3.18. The van der Waals surface area contributed by atoms with E-state index in [0.29, 0.717) is 0 Å². The van der Waals surface area contributed by atoms with E-state index in [1.165, 1.54) is 18.2 Å². The zero-order valence-corrected chi connectivity index (χ0v) is 6.80. The van der Waals surface area contributed by atoms with E-state index in [2.05, 4.69) is 0 Å². The van der Waals surface area contributed by atoms with Crippen LogP contribution in [0.2, 0.25) is 0 Å². The molecule has 2 fully saturated rings. The molecule has 0 aliphatic heterocycles. The van der Waals surface area contributed by atoms with Crippen LogP contribution in [0, 0.1) is 23.5 Å². The monoisotopic (exact) mass is 182 g/mol. The molecule has 2 unspecified atom stereocenters. The van der Waals surface area contributed by atoms with Crippen LogP contribution in [-0.2, 0) is 5.60 Å². The van der Waals surface area contributed by atoms with Gasteiger partial charge in [0, 0.05) is 0 Å². The number of halogens is 2. The van der Waals surface area contributed by atoms with E-state index < -0.39 is 17.2 Å². The van der Waals surface area contributed by atoms with E-state index in [-0.39, 0.29) is 17.4 Å². The quantitative estimate of drug-likeness (QED) is 0.702. The topological polar surface area (TPSA) is 20.2 Å². The fraction of sp³-hybridized carbons (Fsp3) is 0.400. The van der Waals surface area contributed by atoms with Crippen LogP contribution in [-0.4, -0.2) is 5.11 Å². The van der Waals surface area contributed by atoms with E-state index in [9.17, 15) is 13.9 Å². The lowest BCUT2D eigenvalue weighted by Gasteiger charge is -2.17. The highest BCUT2D eigenvalue weighted by atomic mass is 19.1. The van der Waals surface area contributed by atoms with Crippen molar-refractivity contribution in [3.05, 3.63) is 35.4 Å². The Hall–Kier alpha value is -0.960. The Bertz CT molecular complexity index is 360. The standard InChI is InChI=1S/C10H8F2O/c11-7-2-1-3-8(12)9(7)10(13)5-4-6(5)10/h1-3,5-6,13H,4H2. The first-order chi connectivity index (χ1) is 6.15. The number of hydrogen-bond donors (Lipinski definition) is 1. The van der Waals surface area contributed by atoms with Crippen molar-refractivity contribution >= 4 is 0 Å². The Balaban J connectivity index is 2.13. The van der Waals surface area contributed by atoms with Crippen molar-refractivity contribution < 1.29 is 13.9 Å². The summed E-state index contributed by atoms with van der Waals surface area (Å²) in [6.45, 7) is 0. The van der Waals surface area contributed by atoms with Gasteiger partial charge in [-0.25, -0.2) is 8.78 Å². The van der Waals surface area contributed by atoms with Crippen LogP contribution in [0.25, 0.3) is 0 Å². The van der Waals surface area contributed by atoms with Crippen molar-refractivity contribution in [2.24, 2.45) is 11.8 Å². The molecule has 1 N–H and O–H groups in total. The largest absolute Gasteiger partial charge is 0.384 e. The van der Waals surface area contributed by atoms with Crippen molar-refractivity contribution in [3.8, 4) is 0 Å². The molecule has 0 bridgehead atoms. The molecule has 1 aromatic carbocycles. The molecule has 2 aliphatic carbocycles. The molecular formula is C10H8F2O. The summed E-state index contributed by atoms with van der Waals surface area (Å²) in [4.78, 5) is 0. The Morgan fingerprint density at radius 1 is 1.23 bits per heavy atom. The van der Waals surface area contributed by atoms with Crippen LogP contribution in [0.3, 0.4) is 0 Å². The normalized spacial score (nSPS) is 39.9. The van der Waals surface area contributed by atoms with Crippen LogP contribution in [0.15, 0.2) is 18.2 Å². The second kappa shape index (κ2) is 1.93. The van der Waals surface area contributed by atoms with Gasteiger partial charge in [-0.2, -0.15) is 0 Å². The summed E-state index contributed by atoms with van der Waals surface area (Å²) in [5.74, 6) is -1.04. The minimum Gasteiger partial charge on any atom is -0.384 e. The van der Waals surface area contributed by atoms with Gasteiger partial charge in [0.1, 0.15) is 17.2 Å². The van der Waals surface area contributed by atoms with E-state index in [0.717, 1.165) is 6.42 Å². The molecule has 0 spiro atoms. The Kier molecular flexibility index (Phi) is 1.10. The van der Waals surface area contributed by atoms with Gasteiger partial charge in [-0.05, 0) is 30.4 Å². The van der Waals surface area contributed by atoms with Gasteiger partial charge in [0.25, 0.3) is 0 Å². The summed E-state index contributed by atoms with van der Waals surface area (Å²) in [7, 11) is 0. The van der Waals surface area contributed by atoms with Crippen LogP contribution >= 0.6 is 0 Å². The van der Waals surface area contributed by atoms with Gasteiger partial charge in [-0.3, -0.25) is 0 Å². The summed E-state index contributed by atoms with van der Waals surface area (Å²) in [5.41, 5.74) is -1.30. The SMILES string of the molecule is OC1(c2c(F)cccc2F)C2CC21. The molecule has 0 saturated heterocycles. The third kappa shape index (κ3) is 0.735. The average molecular weight is 182 g/mol. The predicted octanol–water partition coefficient (Wildman–Crippen LogP) is 1.80. The smallest absolute Gasteiger partial charge is 0.132 e. The summed E-state index contributed by atoms with van der Waals surface area (Å²) < 4.78 is 26.4. The lowest BCUT2D eigenvalue weighted by Crippen LogP contribution is -2.19. The maximum Gasteiger partial charge on any atom is 0.132 e. The van der Waals surface area contributed by atoms with E-state index in [4.69, 9.17) is 0 Å². The highest BCUT2D eigenvalue weighted by Crippen LogP contribution is 2.76. The molecular weight excluding hydrogens is 174 g/mol. The number of hydrogen-bond acceptors (Lipinski definition) is 1. The van der Waals surface area contributed by atoms with E-state index >= 15 is 0 Å². The maximum atomic E-state index is 13.2. The van der Waals surface area contributed by atoms with Crippen molar-refractivity contribution in [3.63, 3.8) is 0 Å². The number of fused-ring (bicyclic) bond motifs is 1. The molecule has 1 nitrogen and oxygen atoms in total. The molecule has 0 heterocycles. The van der Waals surface area contributed by atoms with Gasteiger partial charge < -0.3 is 5.11 Å². The van der Waals surface area contributed by atoms with E-state index in [1.807, 2.05) is 0 Å². The van der Waals surface area contributed by atoms with Gasteiger partial charge in [-0.15, -0.1) is 0 Å². The first-order valence-corrected chi connectivity index (χ1v) is 4.32. The fourth-order valence-electron chi connectivity index (χ4n) is 2.17. The molecule has 2 saturated carbocycles. The zero-order chi connectivity index (χ0) is 9.22. The molecule has 13 heavy (non-hydrogen) atoms. The predicted molar refractivity (Wildman–Crippen MR) is 41.9 cm³/mol. The Morgan fingerprint density at radius 3 is 2.15 bits per heavy atom. The minimum absolute atomic E-state index is 0.110. The second-order valence-corrected chi connectivity index (χ2v) is 3.87. The van der Waals surface area contributed by atoms with Crippen molar-refractivity contribution in [1.29, 1.82) is 0 Å². The van der Waals surface area contributed by atoms with Crippen LogP contribution in [0.1, 0.15) is 12.0 Å². The lowest BCUT2D eigenvalue weighted by atomic mass is 9.98. The van der Waals surface area contributed by atoms with Crippen LogP contribution in [0.5, 0.6) is 0 Å². The highest BCUT2D eigenvalue weighted by Gasteiger charge is 2.78. The van der Waals surface area contributed by atoms with Crippen molar-refractivity contribution in [2.75, 3.05) is 0 Å². The lowest BCUT2D eigenvalue weighted by molar-refractivity contribution is 0.0802. The van der Waals surface area contributed by atoms with Gasteiger partial charge in [0.2, 0.25) is 0 Å². The van der Waals surface area contributed by atoms with Gasteiger partial charge in [0.05, 0.1) is 5.56 Å². The molecule has 68 valence electrons. The Morgan fingerprint density at radius 2 is 1.77 bits per heavy atom. The number of aliphatic hydroxyl groups is 1. The molecule has 3 rings (SSSR count). The minimum atomic E-state index is -1.17. The van der Waals surface area contributed by atoms with Crippen LogP contribution < -0.4 is 0 Å². The molecule has 3 heteroatoms. The molecule has 2 aliphatic rings. The van der Waals surface area contributed by atoms with Crippen molar-refractivity contribution in [1.82, 2.24) is 0 Å². The first-order valence-electron chi connectivity index (χ1n) is 4.32. The van der Waals surface area contributed by atoms with Crippen molar-refractivity contribution in [2.45, 2.75) is 12.0 Å². The second-order valence-electron chi connectivity index (χ2n) is 3.87. The fourth-order valence-corrected chi connectivity index (χ4v) is 2.17. The average Bonchev–Trinajstić information content (AvgIpc) is 2.91. The molecule has 0 radical (unpaired) electrons. The molecule has 0 aromatic heterocycles. The summed E-state index contributed by atoms with van der Waals surface area (Å²) in [6, 6.07) is 3.69. The Labute approximate surface area is 74.0 Å². The number of benzene rings is 1. The van der Waals surface area contributed by atoms with E-state index in [1.54, 1.807) is 0 Å². The van der Waals surface area contributed by atoms with Crippen LogP contribution in [0.4, 0.5) is 8.78 Å². The maximum absolute atomic E-state index is 13.2. The van der Waals surface area contributed by atoms with Gasteiger partial charge >= 0.3 is 0 Å². The zero-order valence-electron chi connectivity index (χ0n) is 6.80. The van der Waals surface area contributed by atoms with Gasteiger partial charge in [0.15, 0.2) is 0 Å². The number of rotatable bonds is 1. The van der Waals surface area contributed by atoms with Gasteiger partial charge in [-0.1, -0.05) is 6.07 Å². The first kappa shape index (κ1) is 7.44. The molecule has 2 atom stereocenters. The summed E-state index contributed by atoms with van der Waals surface area (Å²) in [5, 5.41) is 9.80. The summed E-state index contributed by atoms with van der Waals surface area (Å²) in [6.07, 6.45) is 0.907. The highest BCUT2D eigenvalue weighted by molar-refractivity contribution is 5.41. The molecule has 1 aromatic rings. The molecule has 0 amide bonds. The summed E-state index contributed by atoms with van der Waals surface area (Å²) >= 11 is 0. The third-order valence-corrected chi connectivity index (χ3v) is 3.18.